The second kappa shape index (κ2) is 18.2. The first kappa shape index (κ1) is 40.5. The minimum absolute atomic E-state index is 0. The molecule has 0 heterocycles. The van der Waals surface area contributed by atoms with Gasteiger partial charge in [0, 0.05) is 109 Å². The summed E-state index contributed by atoms with van der Waals surface area (Å²) < 4.78 is 0. The van der Waals surface area contributed by atoms with E-state index >= 15 is 0 Å². The molecule has 0 spiro atoms. The van der Waals surface area contributed by atoms with Crippen LogP contribution in [-0.4, -0.2) is 5.11 Å². The summed E-state index contributed by atoms with van der Waals surface area (Å²) in [6.07, 6.45) is 3.26. The number of hydrogen-bond acceptors (Lipinski definition) is 1. The molecular weight excluding hydrogens is 812 g/mol. The van der Waals surface area contributed by atoms with Gasteiger partial charge in [0.1, 0.15) is 0 Å². The molecule has 1 fully saturated rings. The van der Waals surface area contributed by atoms with E-state index in [2.05, 4.69) is 45.5 Å². The molecule has 1 aromatic rings. The molecule has 1 aromatic carbocycles. The van der Waals surface area contributed by atoms with Gasteiger partial charge in [0.2, 0.25) is 0 Å². The molecule has 0 aromatic heterocycles. The Morgan fingerprint density at radius 3 is 1.84 bits per heavy atom. The van der Waals surface area contributed by atoms with Gasteiger partial charge >= 0.3 is 0 Å². The zero-order valence-electron chi connectivity index (χ0n) is 14.1. The Bertz CT molecular complexity index is 466. The number of benzene rings is 1. The number of aliphatic hydroxyl groups is 1. The van der Waals surface area contributed by atoms with Gasteiger partial charge in [-0.25, -0.2) is 0 Å². The van der Waals surface area contributed by atoms with Crippen molar-refractivity contribution in [2.75, 3.05) is 0 Å². The van der Waals surface area contributed by atoms with E-state index in [4.69, 9.17) is 0 Å². The van der Waals surface area contributed by atoms with Gasteiger partial charge in [0.05, 0.1) is 5.76 Å². The standard InChI is InChI=1S/C17H23O.6Fe.Fm/c1-11(2)15-6-5-7-16(13(4)14-8-9-14)17(15)10-12(3)18;;;;;;;/h6-7,11,13-14,18H,3,8-10H2,1-2,4H3;;;;;;;/q-1;;;;;;;. The number of allylic oxidation sites excluding steroid dienone is 1. The second-order valence-corrected chi connectivity index (χ2v) is 5.87. The van der Waals surface area contributed by atoms with Crippen LogP contribution in [0.2, 0.25) is 0 Å². The monoisotopic (exact) mass is 836 g/mol. The van der Waals surface area contributed by atoms with E-state index in [9.17, 15) is 5.11 Å². The van der Waals surface area contributed by atoms with Crippen molar-refractivity contribution in [2.24, 2.45) is 5.92 Å². The van der Waals surface area contributed by atoms with Crippen LogP contribution in [0.25, 0.3) is 0 Å². The van der Waals surface area contributed by atoms with Crippen LogP contribution in [0.5, 0.6) is 0 Å². The first-order valence-electron chi connectivity index (χ1n) is 6.90. The molecule has 25 heavy (non-hydrogen) atoms. The average Bonchev–Trinajstić information content (AvgIpc) is 3.11. The van der Waals surface area contributed by atoms with Crippen LogP contribution >= 0.6 is 0 Å². The Balaban J connectivity index is -0.000000129. The molecule has 8 heteroatoms. The van der Waals surface area contributed by atoms with Crippen LogP contribution in [0.15, 0.2) is 24.5 Å². The zero-order chi connectivity index (χ0) is 13.3. The third-order valence-corrected chi connectivity index (χ3v) is 4.00. The van der Waals surface area contributed by atoms with Crippen molar-refractivity contribution in [1.82, 2.24) is 0 Å². The molecule has 0 saturated heterocycles. The topological polar surface area (TPSA) is 20.2 Å². The third-order valence-electron chi connectivity index (χ3n) is 4.00. The summed E-state index contributed by atoms with van der Waals surface area (Å²) in [5, 5.41) is 9.57. The molecule has 0 amide bonds. The van der Waals surface area contributed by atoms with E-state index < -0.39 is 0 Å². The van der Waals surface area contributed by atoms with Gasteiger partial charge in [-0.3, -0.25) is 0 Å². The SMILES string of the molecule is C=C(O)Cc1c(C(C)C)c[c-]cc1C(C)C1CC1.[Fe].[Fe].[Fe].[Fe].[Fe].[Fe].[Fm]. The van der Waals surface area contributed by atoms with Crippen molar-refractivity contribution < 1.29 is 108 Å². The Hall–Kier alpha value is 0.877. The van der Waals surface area contributed by atoms with Crippen molar-refractivity contribution in [3.8, 4) is 0 Å². The number of hydrogen-bond donors (Lipinski definition) is 1. The summed E-state index contributed by atoms with van der Waals surface area (Å²) in [4.78, 5) is 0. The average molecular weight is 835 g/mol. The maximum Gasteiger partial charge on any atom is 0.0874 e. The summed E-state index contributed by atoms with van der Waals surface area (Å²) >= 11 is 0. The molecule has 1 nitrogen and oxygen atoms in total. The fourth-order valence-corrected chi connectivity index (χ4v) is 2.74. The third kappa shape index (κ3) is 11.3. The van der Waals surface area contributed by atoms with Gasteiger partial charge in [-0.2, -0.15) is 18.2 Å². The van der Waals surface area contributed by atoms with Crippen LogP contribution in [0.1, 0.15) is 62.1 Å². The summed E-state index contributed by atoms with van der Waals surface area (Å²) in [5.74, 6) is 2.12. The Kier molecular flexibility index (Phi) is 29.6. The van der Waals surface area contributed by atoms with Gasteiger partial charge in [-0.1, -0.05) is 52.0 Å². The van der Waals surface area contributed by atoms with E-state index in [0.29, 0.717) is 18.3 Å². The maximum atomic E-state index is 9.57. The van der Waals surface area contributed by atoms with E-state index in [1.54, 1.807) is 0 Å². The van der Waals surface area contributed by atoms with Crippen LogP contribution in [-0.2, 0) is 109 Å². The van der Waals surface area contributed by atoms with Gasteiger partial charge in [0.15, 0.2) is 0 Å². The van der Waals surface area contributed by atoms with E-state index in [1.165, 1.54) is 29.5 Å². The Morgan fingerprint density at radius 1 is 1.04 bits per heavy atom. The quantitative estimate of drug-likeness (QED) is 0.259. The van der Waals surface area contributed by atoms with Gasteiger partial charge in [-0.15, -0.1) is 16.7 Å². The molecule has 1 atom stereocenters. The zero-order valence-corrected chi connectivity index (χ0v) is 23.1. The van der Waals surface area contributed by atoms with E-state index in [1.807, 2.05) is 0 Å². The maximum absolute atomic E-state index is 9.57. The van der Waals surface area contributed by atoms with Gasteiger partial charge in [-0.05, 0) is 5.92 Å². The molecule has 0 radical (unpaired) electrons. The molecule has 1 aliphatic carbocycles. The summed E-state index contributed by atoms with van der Waals surface area (Å²) in [7, 11) is 0. The summed E-state index contributed by atoms with van der Waals surface area (Å²) in [6, 6.07) is 7.44. The molecule has 158 valence electrons. The normalized spacial score (nSPS) is 12.2. The van der Waals surface area contributed by atoms with Gasteiger partial charge < -0.3 is 5.11 Å². The molecule has 1 saturated carbocycles. The molecule has 1 aliphatic rings. The second-order valence-electron chi connectivity index (χ2n) is 5.87. The Labute approximate surface area is 210 Å². The van der Waals surface area contributed by atoms with Crippen molar-refractivity contribution in [1.29, 1.82) is 0 Å². The fraction of sp³-hybridized carbons (Fsp3) is 0.529. The largest absolute Gasteiger partial charge is 0.513 e. The predicted molar refractivity (Wildman–Crippen MR) is 76.0 cm³/mol. The van der Waals surface area contributed by atoms with Gasteiger partial charge in [0.25, 0.3) is 0 Å². The molecule has 0 bridgehead atoms. The number of rotatable bonds is 5. The van der Waals surface area contributed by atoms with Crippen LogP contribution in [0, 0.1) is 12.0 Å². The molecular formula is C17H23Fe6FmO-. The molecule has 1 unspecified atom stereocenters. The van der Waals surface area contributed by atoms with E-state index in [-0.39, 0.29) is 108 Å². The van der Waals surface area contributed by atoms with Crippen molar-refractivity contribution in [2.45, 2.75) is 51.9 Å². The first-order chi connectivity index (χ1) is 8.50. The summed E-state index contributed by atoms with van der Waals surface area (Å²) in [6.45, 7) is 10.3. The molecule has 2 rings (SSSR count). The molecule has 1 N–H and O–H groups in total. The van der Waals surface area contributed by atoms with Crippen LogP contribution in [0.4, 0.5) is 0 Å². The smallest absolute Gasteiger partial charge is 0.0874 e. The summed E-state index contributed by atoms with van der Waals surface area (Å²) in [5.41, 5.74) is 3.93. The number of aliphatic hydroxyl groups excluding tert-OH is 1. The van der Waals surface area contributed by atoms with E-state index in [0.717, 1.165) is 5.92 Å². The predicted octanol–water partition coefficient (Wildman–Crippen LogP) is 4.72. The van der Waals surface area contributed by atoms with Crippen LogP contribution < -0.4 is 0 Å². The molecule has 0 aliphatic heterocycles. The first-order valence-corrected chi connectivity index (χ1v) is 6.90. The Morgan fingerprint density at radius 2 is 1.48 bits per heavy atom. The van der Waals surface area contributed by atoms with Crippen molar-refractivity contribution in [3.05, 3.63) is 47.2 Å². The van der Waals surface area contributed by atoms with Crippen molar-refractivity contribution in [3.63, 3.8) is 0 Å². The minimum Gasteiger partial charge on any atom is -0.513 e. The fourth-order valence-electron chi connectivity index (χ4n) is 2.74. The van der Waals surface area contributed by atoms with Crippen molar-refractivity contribution >= 4 is 0 Å². The van der Waals surface area contributed by atoms with Crippen LogP contribution in [0.3, 0.4) is 0 Å². The minimum atomic E-state index is 0.